The third-order valence-corrected chi connectivity index (χ3v) is 5.52. The Balaban J connectivity index is 2.05. The standard InChI is InChI=1S/C17H24N2O5S/c1-17(2,3)18-15(20)12-24-16(21)13-7-6-8-14(11-13)25(22,23)19-9-4-5-10-19/h6-8,11H,4-5,9-10,12H2,1-3H3,(H,18,20). The first-order valence-corrected chi connectivity index (χ1v) is 9.62. The first-order chi connectivity index (χ1) is 11.6. The van der Waals surface area contributed by atoms with Crippen molar-refractivity contribution in [1.29, 1.82) is 0 Å². The molecule has 2 rings (SSSR count). The number of rotatable bonds is 5. The Morgan fingerprint density at radius 1 is 1.20 bits per heavy atom. The van der Waals surface area contributed by atoms with Gasteiger partial charge in [0.15, 0.2) is 6.61 Å². The highest BCUT2D eigenvalue weighted by atomic mass is 32.2. The summed E-state index contributed by atoms with van der Waals surface area (Å²) in [6, 6.07) is 5.70. The summed E-state index contributed by atoms with van der Waals surface area (Å²) in [5, 5.41) is 2.68. The van der Waals surface area contributed by atoms with Crippen LogP contribution in [0.15, 0.2) is 29.2 Å². The van der Waals surface area contributed by atoms with Gasteiger partial charge in [-0.2, -0.15) is 4.31 Å². The van der Waals surface area contributed by atoms with Crippen LogP contribution in [0.5, 0.6) is 0 Å². The fraction of sp³-hybridized carbons (Fsp3) is 0.529. The van der Waals surface area contributed by atoms with E-state index in [2.05, 4.69) is 5.32 Å². The highest BCUT2D eigenvalue weighted by Crippen LogP contribution is 2.21. The van der Waals surface area contributed by atoms with Crippen LogP contribution in [0.3, 0.4) is 0 Å². The molecule has 0 bridgehead atoms. The molecule has 0 unspecified atom stereocenters. The smallest absolute Gasteiger partial charge is 0.338 e. The van der Waals surface area contributed by atoms with Crippen LogP contribution in [0.1, 0.15) is 44.0 Å². The molecule has 25 heavy (non-hydrogen) atoms. The number of carbonyl (C=O) groups is 2. The highest BCUT2D eigenvalue weighted by Gasteiger charge is 2.27. The predicted molar refractivity (Wildman–Crippen MR) is 92.6 cm³/mol. The van der Waals surface area contributed by atoms with E-state index >= 15 is 0 Å². The van der Waals surface area contributed by atoms with Gasteiger partial charge in [0.1, 0.15) is 0 Å². The van der Waals surface area contributed by atoms with E-state index in [-0.39, 0.29) is 10.5 Å². The van der Waals surface area contributed by atoms with Crippen molar-refractivity contribution in [2.24, 2.45) is 0 Å². The average molecular weight is 368 g/mol. The minimum absolute atomic E-state index is 0.0583. The topological polar surface area (TPSA) is 92.8 Å². The van der Waals surface area contributed by atoms with Gasteiger partial charge in [-0.15, -0.1) is 0 Å². The van der Waals surface area contributed by atoms with Gasteiger partial charge in [-0.1, -0.05) is 6.07 Å². The average Bonchev–Trinajstić information content (AvgIpc) is 3.06. The molecule has 1 heterocycles. The number of carbonyl (C=O) groups excluding carboxylic acids is 2. The van der Waals surface area contributed by atoms with Gasteiger partial charge in [0.25, 0.3) is 5.91 Å². The van der Waals surface area contributed by atoms with Crippen LogP contribution in [-0.2, 0) is 19.6 Å². The summed E-state index contributed by atoms with van der Waals surface area (Å²) >= 11 is 0. The number of hydrogen-bond donors (Lipinski definition) is 1. The van der Waals surface area contributed by atoms with Crippen molar-refractivity contribution in [3.63, 3.8) is 0 Å². The van der Waals surface area contributed by atoms with Crippen molar-refractivity contribution in [2.75, 3.05) is 19.7 Å². The molecular weight excluding hydrogens is 344 g/mol. The molecule has 1 aromatic carbocycles. The van der Waals surface area contributed by atoms with E-state index in [1.54, 1.807) is 0 Å². The number of ether oxygens (including phenoxy) is 1. The molecule has 7 nitrogen and oxygen atoms in total. The van der Waals surface area contributed by atoms with Crippen LogP contribution in [0.2, 0.25) is 0 Å². The molecule has 1 aromatic rings. The summed E-state index contributed by atoms with van der Waals surface area (Å²) < 4.78 is 31.5. The van der Waals surface area contributed by atoms with Crippen LogP contribution < -0.4 is 5.32 Å². The molecule has 0 spiro atoms. The number of benzene rings is 1. The maximum atomic E-state index is 12.5. The second kappa shape index (κ2) is 7.53. The minimum Gasteiger partial charge on any atom is -0.452 e. The molecule has 0 aliphatic carbocycles. The summed E-state index contributed by atoms with van der Waals surface area (Å²) in [6.07, 6.45) is 1.67. The van der Waals surface area contributed by atoms with Crippen molar-refractivity contribution in [3.8, 4) is 0 Å². The third-order valence-electron chi connectivity index (χ3n) is 3.62. The molecule has 1 aliphatic heterocycles. The van der Waals surface area contributed by atoms with Crippen molar-refractivity contribution in [1.82, 2.24) is 9.62 Å². The Labute approximate surface area is 148 Å². The summed E-state index contributed by atoms with van der Waals surface area (Å²) in [6.45, 7) is 6.02. The number of sulfonamides is 1. The van der Waals surface area contributed by atoms with Crippen LogP contribution in [0.25, 0.3) is 0 Å². The normalized spacial score (nSPS) is 15.8. The summed E-state index contributed by atoms with van der Waals surface area (Å²) in [4.78, 5) is 23.9. The lowest BCUT2D eigenvalue weighted by atomic mass is 10.1. The lowest BCUT2D eigenvalue weighted by Gasteiger charge is -2.20. The van der Waals surface area contributed by atoms with E-state index in [0.29, 0.717) is 13.1 Å². The Bertz CT molecular complexity index is 747. The molecule has 0 saturated carbocycles. The van der Waals surface area contributed by atoms with E-state index in [4.69, 9.17) is 4.74 Å². The van der Waals surface area contributed by atoms with Gasteiger partial charge in [-0.3, -0.25) is 4.79 Å². The van der Waals surface area contributed by atoms with Crippen LogP contribution in [0.4, 0.5) is 0 Å². The number of hydrogen-bond acceptors (Lipinski definition) is 5. The van der Waals surface area contributed by atoms with Gasteiger partial charge in [0, 0.05) is 18.6 Å². The van der Waals surface area contributed by atoms with Gasteiger partial charge < -0.3 is 10.1 Å². The number of nitrogens with zero attached hydrogens (tertiary/aromatic N) is 1. The number of esters is 1. The zero-order valence-electron chi connectivity index (χ0n) is 14.7. The summed E-state index contributed by atoms with van der Waals surface area (Å²) in [7, 11) is -3.60. The molecule has 1 fully saturated rings. The molecule has 1 saturated heterocycles. The zero-order valence-corrected chi connectivity index (χ0v) is 15.6. The highest BCUT2D eigenvalue weighted by molar-refractivity contribution is 7.89. The molecule has 1 aliphatic rings. The van der Waals surface area contributed by atoms with E-state index in [1.807, 2.05) is 20.8 Å². The molecule has 0 atom stereocenters. The Morgan fingerprint density at radius 2 is 1.84 bits per heavy atom. The minimum atomic E-state index is -3.60. The molecule has 0 aromatic heterocycles. The molecule has 1 amide bonds. The Morgan fingerprint density at radius 3 is 2.44 bits per heavy atom. The van der Waals surface area contributed by atoms with Crippen molar-refractivity contribution < 1.29 is 22.7 Å². The van der Waals surface area contributed by atoms with Gasteiger partial charge in [-0.25, -0.2) is 13.2 Å². The fourth-order valence-corrected chi connectivity index (χ4v) is 4.09. The maximum Gasteiger partial charge on any atom is 0.338 e. The number of amides is 1. The largest absolute Gasteiger partial charge is 0.452 e. The lowest BCUT2D eigenvalue weighted by molar-refractivity contribution is -0.125. The quantitative estimate of drug-likeness (QED) is 0.796. The summed E-state index contributed by atoms with van der Waals surface area (Å²) in [5.41, 5.74) is -0.323. The molecule has 138 valence electrons. The molecule has 0 radical (unpaired) electrons. The predicted octanol–water partition coefficient (Wildman–Crippen LogP) is 1.54. The SMILES string of the molecule is CC(C)(C)NC(=O)COC(=O)c1cccc(S(=O)(=O)N2CCCC2)c1. The first-order valence-electron chi connectivity index (χ1n) is 8.18. The van der Waals surface area contributed by atoms with Crippen LogP contribution in [-0.4, -0.2) is 49.8 Å². The molecular formula is C17H24N2O5S. The van der Waals surface area contributed by atoms with E-state index in [0.717, 1.165) is 12.8 Å². The lowest BCUT2D eigenvalue weighted by Crippen LogP contribution is -2.42. The van der Waals surface area contributed by atoms with Crippen molar-refractivity contribution >= 4 is 21.9 Å². The van der Waals surface area contributed by atoms with E-state index < -0.39 is 34.0 Å². The van der Waals surface area contributed by atoms with E-state index in [1.165, 1.54) is 28.6 Å². The van der Waals surface area contributed by atoms with Gasteiger partial charge >= 0.3 is 5.97 Å². The van der Waals surface area contributed by atoms with Crippen molar-refractivity contribution in [3.05, 3.63) is 29.8 Å². The monoisotopic (exact) mass is 368 g/mol. The Hall–Kier alpha value is -1.93. The Kier molecular flexibility index (Phi) is 5.84. The van der Waals surface area contributed by atoms with Gasteiger partial charge in [0.05, 0.1) is 10.5 Å². The van der Waals surface area contributed by atoms with Gasteiger partial charge in [-0.05, 0) is 51.8 Å². The van der Waals surface area contributed by atoms with Crippen LogP contribution in [0, 0.1) is 0 Å². The second-order valence-corrected chi connectivity index (χ2v) is 8.95. The van der Waals surface area contributed by atoms with Crippen LogP contribution >= 0.6 is 0 Å². The molecule has 1 N–H and O–H groups in total. The van der Waals surface area contributed by atoms with Crippen molar-refractivity contribution in [2.45, 2.75) is 44.0 Å². The fourth-order valence-electron chi connectivity index (χ4n) is 2.53. The summed E-state index contributed by atoms with van der Waals surface area (Å²) in [5.74, 6) is -1.15. The third kappa shape index (κ3) is 5.27. The zero-order chi connectivity index (χ0) is 18.7. The van der Waals surface area contributed by atoms with E-state index in [9.17, 15) is 18.0 Å². The first kappa shape index (κ1) is 19.4. The van der Waals surface area contributed by atoms with Gasteiger partial charge in [0.2, 0.25) is 10.0 Å². The molecule has 8 heteroatoms. The second-order valence-electron chi connectivity index (χ2n) is 7.01. The maximum absolute atomic E-state index is 12.5. The number of nitrogens with one attached hydrogen (secondary N) is 1.